The maximum atomic E-state index is 12.5. The SMILES string of the molecule is C[C@H](C(=O)NCCN1CCOCC1)N(c1ccc(Cl)c(Cl)c1)S(C)(=O)=O. The van der Waals surface area contributed by atoms with Gasteiger partial charge in [0, 0.05) is 26.2 Å². The largest absolute Gasteiger partial charge is 0.379 e. The van der Waals surface area contributed by atoms with Crippen LogP contribution in [-0.2, 0) is 19.6 Å². The van der Waals surface area contributed by atoms with Crippen molar-refractivity contribution in [2.75, 3.05) is 50.0 Å². The number of anilines is 1. The van der Waals surface area contributed by atoms with Crippen molar-refractivity contribution in [1.29, 1.82) is 0 Å². The van der Waals surface area contributed by atoms with Crippen LogP contribution in [0.25, 0.3) is 0 Å². The fourth-order valence-electron chi connectivity index (χ4n) is 2.74. The van der Waals surface area contributed by atoms with E-state index in [0.717, 1.165) is 23.7 Å². The number of hydrogen-bond acceptors (Lipinski definition) is 5. The molecule has 1 heterocycles. The number of hydrogen-bond donors (Lipinski definition) is 1. The standard InChI is InChI=1S/C16H23Cl2N3O4S/c1-12(16(22)19-5-6-20-7-9-25-10-8-20)21(26(2,23)24)13-3-4-14(17)15(18)11-13/h3-4,11-12H,5-10H2,1-2H3,(H,19,22)/t12-/m1/s1. The second kappa shape index (κ2) is 9.23. The number of rotatable bonds is 7. The first-order chi connectivity index (χ1) is 12.2. The molecule has 0 aromatic heterocycles. The average molecular weight is 424 g/mol. The number of carbonyl (C=O) groups excluding carboxylic acids is 1. The number of ether oxygens (including phenoxy) is 1. The summed E-state index contributed by atoms with van der Waals surface area (Å²) in [6.07, 6.45) is 1.05. The van der Waals surface area contributed by atoms with Gasteiger partial charge in [-0.2, -0.15) is 0 Å². The summed E-state index contributed by atoms with van der Waals surface area (Å²) in [5.74, 6) is -0.380. The zero-order valence-electron chi connectivity index (χ0n) is 14.7. The molecule has 1 saturated heterocycles. The predicted octanol–water partition coefficient (Wildman–Crippen LogP) is 1.60. The van der Waals surface area contributed by atoms with Gasteiger partial charge in [0.2, 0.25) is 15.9 Å². The van der Waals surface area contributed by atoms with E-state index in [2.05, 4.69) is 10.2 Å². The number of sulfonamides is 1. The molecule has 1 aliphatic heterocycles. The minimum absolute atomic E-state index is 0.220. The van der Waals surface area contributed by atoms with Crippen molar-refractivity contribution in [1.82, 2.24) is 10.2 Å². The number of nitrogens with one attached hydrogen (secondary N) is 1. The summed E-state index contributed by atoms with van der Waals surface area (Å²) in [7, 11) is -3.69. The average Bonchev–Trinajstić information content (AvgIpc) is 2.58. The number of halogens is 2. The van der Waals surface area contributed by atoms with Gasteiger partial charge in [-0.15, -0.1) is 0 Å². The van der Waals surface area contributed by atoms with E-state index in [1.165, 1.54) is 25.1 Å². The van der Waals surface area contributed by atoms with Crippen LogP contribution in [0.1, 0.15) is 6.92 Å². The molecule has 146 valence electrons. The van der Waals surface area contributed by atoms with Gasteiger partial charge < -0.3 is 10.1 Å². The molecule has 1 amide bonds. The number of nitrogens with zero attached hydrogens (tertiary/aromatic N) is 2. The molecule has 10 heteroatoms. The molecule has 1 aromatic carbocycles. The van der Waals surface area contributed by atoms with Gasteiger partial charge in [0.05, 0.1) is 35.2 Å². The molecule has 0 saturated carbocycles. The number of carbonyl (C=O) groups is 1. The maximum Gasteiger partial charge on any atom is 0.243 e. The minimum Gasteiger partial charge on any atom is -0.379 e. The van der Waals surface area contributed by atoms with E-state index >= 15 is 0 Å². The van der Waals surface area contributed by atoms with Crippen molar-refractivity contribution in [3.8, 4) is 0 Å². The molecule has 1 aromatic rings. The van der Waals surface area contributed by atoms with Gasteiger partial charge in [-0.05, 0) is 25.1 Å². The highest BCUT2D eigenvalue weighted by Gasteiger charge is 2.29. The zero-order valence-corrected chi connectivity index (χ0v) is 17.1. The Morgan fingerprint density at radius 3 is 2.54 bits per heavy atom. The van der Waals surface area contributed by atoms with E-state index in [9.17, 15) is 13.2 Å². The molecule has 0 bridgehead atoms. The van der Waals surface area contributed by atoms with Gasteiger partial charge in [0.1, 0.15) is 6.04 Å². The van der Waals surface area contributed by atoms with Crippen molar-refractivity contribution in [3.63, 3.8) is 0 Å². The third-order valence-electron chi connectivity index (χ3n) is 4.08. The van der Waals surface area contributed by atoms with Gasteiger partial charge in [0.25, 0.3) is 0 Å². The highest BCUT2D eigenvalue weighted by atomic mass is 35.5. The second-order valence-electron chi connectivity index (χ2n) is 6.08. The van der Waals surface area contributed by atoms with Crippen LogP contribution in [0, 0.1) is 0 Å². The van der Waals surface area contributed by atoms with Crippen LogP contribution in [0.3, 0.4) is 0 Å². The maximum absolute atomic E-state index is 12.5. The number of benzene rings is 1. The summed E-state index contributed by atoms with van der Waals surface area (Å²) >= 11 is 11.9. The quantitative estimate of drug-likeness (QED) is 0.720. The van der Waals surface area contributed by atoms with Crippen molar-refractivity contribution in [2.45, 2.75) is 13.0 Å². The molecular formula is C16H23Cl2N3O4S. The van der Waals surface area contributed by atoms with Crippen LogP contribution in [0.4, 0.5) is 5.69 Å². The Morgan fingerprint density at radius 1 is 1.31 bits per heavy atom. The normalized spacial score (nSPS) is 16.9. The van der Waals surface area contributed by atoms with Gasteiger partial charge >= 0.3 is 0 Å². The van der Waals surface area contributed by atoms with Crippen LogP contribution in [0.15, 0.2) is 18.2 Å². The van der Waals surface area contributed by atoms with Gasteiger partial charge in [-0.1, -0.05) is 23.2 Å². The molecule has 0 aliphatic carbocycles. The van der Waals surface area contributed by atoms with E-state index < -0.39 is 16.1 Å². The fraction of sp³-hybridized carbons (Fsp3) is 0.562. The lowest BCUT2D eigenvalue weighted by atomic mass is 10.2. The van der Waals surface area contributed by atoms with Crippen molar-refractivity contribution >= 4 is 44.8 Å². The van der Waals surface area contributed by atoms with Crippen molar-refractivity contribution in [2.24, 2.45) is 0 Å². The summed E-state index contributed by atoms with van der Waals surface area (Å²) in [5.41, 5.74) is 0.290. The molecule has 1 N–H and O–H groups in total. The van der Waals surface area contributed by atoms with E-state index in [-0.39, 0.29) is 16.6 Å². The van der Waals surface area contributed by atoms with Gasteiger partial charge in [-0.3, -0.25) is 14.0 Å². The zero-order chi connectivity index (χ0) is 19.3. The summed E-state index contributed by atoms with van der Waals surface area (Å²) in [4.78, 5) is 14.7. The minimum atomic E-state index is -3.69. The topological polar surface area (TPSA) is 79.0 Å². The molecule has 26 heavy (non-hydrogen) atoms. The fourth-order valence-corrected chi connectivity index (χ4v) is 4.20. The molecule has 0 unspecified atom stereocenters. The third-order valence-corrected chi connectivity index (χ3v) is 6.06. The summed E-state index contributed by atoms with van der Waals surface area (Å²) < 4.78 is 30.8. The highest BCUT2D eigenvalue weighted by Crippen LogP contribution is 2.29. The second-order valence-corrected chi connectivity index (χ2v) is 8.75. The van der Waals surface area contributed by atoms with Crippen LogP contribution in [-0.4, -0.2) is 70.9 Å². The Kier molecular flexibility index (Phi) is 7.54. The summed E-state index contributed by atoms with van der Waals surface area (Å²) in [5, 5.41) is 3.32. The molecule has 1 aliphatic rings. The summed E-state index contributed by atoms with van der Waals surface area (Å²) in [6, 6.07) is 3.53. The van der Waals surface area contributed by atoms with E-state index in [0.29, 0.717) is 31.3 Å². The number of amides is 1. The lowest BCUT2D eigenvalue weighted by molar-refractivity contribution is -0.121. The Hall–Kier alpha value is -1.06. The molecule has 1 fully saturated rings. The molecule has 0 radical (unpaired) electrons. The molecule has 7 nitrogen and oxygen atoms in total. The van der Waals surface area contributed by atoms with E-state index in [1.54, 1.807) is 0 Å². The first kappa shape index (κ1) is 21.2. The van der Waals surface area contributed by atoms with Gasteiger partial charge in [0.15, 0.2) is 0 Å². The lowest BCUT2D eigenvalue weighted by Gasteiger charge is -2.29. The third kappa shape index (κ3) is 5.72. The van der Waals surface area contributed by atoms with Gasteiger partial charge in [-0.25, -0.2) is 8.42 Å². The molecule has 1 atom stereocenters. The predicted molar refractivity (Wildman–Crippen MR) is 104 cm³/mol. The van der Waals surface area contributed by atoms with Crippen molar-refractivity contribution in [3.05, 3.63) is 28.2 Å². The van der Waals surface area contributed by atoms with Crippen molar-refractivity contribution < 1.29 is 17.9 Å². The number of morpholine rings is 1. The highest BCUT2D eigenvalue weighted by molar-refractivity contribution is 7.92. The van der Waals surface area contributed by atoms with Crippen LogP contribution in [0.5, 0.6) is 0 Å². The van der Waals surface area contributed by atoms with Crippen LogP contribution < -0.4 is 9.62 Å². The van der Waals surface area contributed by atoms with Crippen LogP contribution >= 0.6 is 23.2 Å². The first-order valence-electron chi connectivity index (χ1n) is 8.22. The molecule has 0 spiro atoms. The monoisotopic (exact) mass is 423 g/mol. The lowest BCUT2D eigenvalue weighted by Crippen LogP contribution is -2.49. The Morgan fingerprint density at radius 2 is 1.96 bits per heavy atom. The van der Waals surface area contributed by atoms with E-state index in [4.69, 9.17) is 27.9 Å². The Balaban J connectivity index is 2.04. The first-order valence-corrected chi connectivity index (χ1v) is 10.8. The Labute approximate surface area is 164 Å². The molecular weight excluding hydrogens is 401 g/mol. The van der Waals surface area contributed by atoms with Crippen LogP contribution in [0.2, 0.25) is 10.0 Å². The van der Waals surface area contributed by atoms with E-state index in [1.807, 2.05) is 0 Å². The molecule has 2 rings (SSSR count). The Bertz CT molecular complexity index is 739. The smallest absolute Gasteiger partial charge is 0.243 e. The summed E-state index contributed by atoms with van der Waals surface area (Å²) in [6.45, 7) is 5.67.